The fourth-order valence-electron chi connectivity index (χ4n) is 2.48. The highest BCUT2D eigenvalue weighted by Crippen LogP contribution is 2.37. The summed E-state index contributed by atoms with van der Waals surface area (Å²) in [5.74, 6) is 0. The second-order valence-electron chi connectivity index (χ2n) is 4.19. The number of hydrogen-bond donors (Lipinski definition) is 0. The topological polar surface area (TPSA) is 38.7 Å². The third kappa shape index (κ3) is 2.05. The van der Waals surface area contributed by atoms with Gasteiger partial charge in [0.15, 0.2) is 0 Å². The summed E-state index contributed by atoms with van der Waals surface area (Å²) in [5.41, 5.74) is 2.47. The van der Waals surface area contributed by atoms with Gasteiger partial charge in [0.1, 0.15) is 0 Å². The van der Waals surface area contributed by atoms with Crippen molar-refractivity contribution in [2.45, 2.75) is 32.1 Å². The summed E-state index contributed by atoms with van der Waals surface area (Å²) < 4.78 is 0. The number of benzene rings is 1. The average molecular weight is 227 g/mol. The molecule has 0 bridgehead atoms. The molecule has 2 aromatic rings. The van der Waals surface area contributed by atoms with Gasteiger partial charge in [-0.15, -0.1) is 10.2 Å². The molecular weight excluding hydrogens is 210 g/mol. The summed E-state index contributed by atoms with van der Waals surface area (Å²) in [7, 11) is 0. The summed E-state index contributed by atoms with van der Waals surface area (Å²) in [4.78, 5) is 0. The standard InChI is InChI=1S/C14H17N3/c1-3-14(4-2,12-8-6-5-7-9-12)13-10-15-17-16-11-13/h5-11H,3-4H2,1-2H3. The normalized spacial score (nSPS) is 11.4. The van der Waals surface area contributed by atoms with Crippen LogP contribution in [0.4, 0.5) is 0 Å². The van der Waals surface area contributed by atoms with Crippen LogP contribution in [0, 0.1) is 0 Å². The van der Waals surface area contributed by atoms with Crippen molar-refractivity contribution in [1.29, 1.82) is 0 Å². The SMILES string of the molecule is CCC(CC)(c1ccccc1)c1cnnnc1. The summed E-state index contributed by atoms with van der Waals surface area (Å²) in [6.07, 6.45) is 5.71. The number of rotatable bonds is 4. The Labute approximate surface area is 102 Å². The Morgan fingerprint density at radius 2 is 1.47 bits per heavy atom. The zero-order chi connectivity index (χ0) is 12.1. The molecule has 17 heavy (non-hydrogen) atoms. The molecule has 2 rings (SSSR count). The van der Waals surface area contributed by atoms with E-state index in [-0.39, 0.29) is 5.41 Å². The van der Waals surface area contributed by atoms with Crippen LogP contribution < -0.4 is 0 Å². The molecule has 0 spiro atoms. The summed E-state index contributed by atoms with van der Waals surface area (Å²) in [6, 6.07) is 10.6. The molecule has 0 fully saturated rings. The summed E-state index contributed by atoms with van der Waals surface area (Å²) in [6.45, 7) is 4.41. The van der Waals surface area contributed by atoms with Crippen molar-refractivity contribution in [3.05, 3.63) is 53.9 Å². The average Bonchev–Trinajstić information content (AvgIpc) is 2.43. The fourth-order valence-corrected chi connectivity index (χ4v) is 2.48. The third-order valence-electron chi connectivity index (χ3n) is 3.58. The van der Waals surface area contributed by atoms with Crippen molar-refractivity contribution in [2.24, 2.45) is 0 Å². The van der Waals surface area contributed by atoms with Crippen molar-refractivity contribution < 1.29 is 0 Å². The van der Waals surface area contributed by atoms with Crippen LogP contribution in [0.15, 0.2) is 42.7 Å². The first-order valence-electron chi connectivity index (χ1n) is 6.03. The molecule has 0 unspecified atom stereocenters. The quantitative estimate of drug-likeness (QED) is 0.806. The molecule has 0 saturated carbocycles. The fraction of sp³-hybridized carbons (Fsp3) is 0.357. The minimum Gasteiger partial charge on any atom is -0.138 e. The molecule has 1 aromatic carbocycles. The van der Waals surface area contributed by atoms with Crippen LogP contribution in [-0.4, -0.2) is 15.4 Å². The number of nitrogens with zero attached hydrogens (tertiary/aromatic N) is 3. The lowest BCUT2D eigenvalue weighted by Gasteiger charge is -2.32. The Morgan fingerprint density at radius 3 is 2.00 bits per heavy atom. The molecule has 0 aliphatic carbocycles. The van der Waals surface area contributed by atoms with Crippen LogP contribution in [0.3, 0.4) is 0 Å². The Hall–Kier alpha value is -1.77. The van der Waals surface area contributed by atoms with Gasteiger partial charge in [0.2, 0.25) is 0 Å². The lowest BCUT2D eigenvalue weighted by atomic mass is 9.71. The van der Waals surface area contributed by atoms with E-state index in [1.54, 1.807) is 0 Å². The maximum Gasteiger partial charge on any atom is 0.0571 e. The van der Waals surface area contributed by atoms with Crippen LogP contribution in [0.2, 0.25) is 0 Å². The highest BCUT2D eigenvalue weighted by molar-refractivity contribution is 5.36. The van der Waals surface area contributed by atoms with Gasteiger partial charge in [-0.25, -0.2) is 0 Å². The molecule has 1 aromatic heterocycles. The maximum absolute atomic E-state index is 3.91. The lowest BCUT2D eigenvalue weighted by molar-refractivity contribution is 0.472. The predicted molar refractivity (Wildman–Crippen MR) is 67.6 cm³/mol. The van der Waals surface area contributed by atoms with Crippen molar-refractivity contribution in [3.63, 3.8) is 0 Å². The summed E-state index contributed by atoms with van der Waals surface area (Å²) in [5, 5.41) is 11.4. The van der Waals surface area contributed by atoms with E-state index >= 15 is 0 Å². The van der Waals surface area contributed by atoms with E-state index in [1.807, 2.05) is 18.5 Å². The van der Waals surface area contributed by atoms with E-state index in [9.17, 15) is 0 Å². The zero-order valence-electron chi connectivity index (χ0n) is 10.3. The van der Waals surface area contributed by atoms with Crippen molar-refractivity contribution in [3.8, 4) is 0 Å². The van der Waals surface area contributed by atoms with E-state index in [1.165, 1.54) is 5.56 Å². The van der Waals surface area contributed by atoms with Gasteiger partial charge < -0.3 is 0 Å². The molecule has 3 heteroatoms. The van der Waals surface area contributed by atoms with Crippen LogP contribution in [0.1, 0.15) is 37.8 Å². The highest BCUT2D eigenvalue weighted by atomic mass is 15.3. The molecule has 1 heterocycles. The van der Waals surface area contributed by atoms with E-state index in [0.717, 1.165) is 18.4 Å². The Bertz CT molecular complexity index is 408. The van der Waals surface area contributed by atoms with Crippen LogP contribution in [-0.2, 0) is 5.41 Å². The zero-order valence-corrected chi connectivity index (χ0v) is 10.3. The molecule has 0 amide bonds. The van der Waals surface area contributed by atoms with Crippen molar-refractivity contribution in [2.75, 3.05) is 0 Å². The second kappa shape index (κ2) is 5.04. The Kier molecular flexibility index (Phi) is 3.47. The molecule has 0 aliphatic heterocycles. The molecule has 0 saturated heterocycles. The highest BCUT2D eigenvalue weighted by Gasteiger charge is 2.31. The van der Waals surface area contributed by atoms with Crippen LogP contribution in [0.25, 0.3) is 0 Å². The van der Waals surface area contributed by atoms with E-state index in [4.69, 9.17) is 0 Å². The first kappa shape index (κ1) is 11.7. The van der Waals surface area contributed by atoms with E-state index in [0.29, 0.717) is 0 Å². The van der Waals surface area contributed by atoms with E-state index in [2.05, 4.69) is 53.5 Å². The number of aromatic nitrogens is 3. The smallest absolute Gasteiger partial charge is 0.0571 e. The van der Waals surface area contributed by atoms with Gasteiger partial charge in [-0.05, 0) is 23.6 Å². The minimum absolute atomic E-state index is 0.00417. The molecular formula is C14H17N3. The molecule has 0 radical (unpaired) electrons. The van der Waals surface area contributed by atoms with Crippen LogP contribution >= 0.6 is 0 Å². The number of hydrogen-bond acceptors (Lipinski definition) is 3. The van der Waals surface area contributed by atoms with Crippen LogP contribution in [0.5, 0.6) is 0 Å². The van der Waals surface area contributed by atoms with Gasteiger partial charge in [0.25, 0.3) is 0 Å². The van der Waals surface area contributed by atoms with Crippen molar-refractivity contribution in [1.82, 2.24) is 15.4 Å². The Balaban J connectivity index is 2.54. The molecule has 0 atom stereocenters. The molecule has 3 nitrogen and oxygen atoms in total. The first-order chi connectivity index (χ1) is 8.33. The van der Waals surface area contributed by atoms with Gasteiger partial charge in [0, 0.05) is 11.0 Å². The Morgan fingerprint density at radius 1 is 0.882 bits per heavy atom. The molecule has 0 N–H and O–H groups in total. The monoisotopic (exact) mass is 227 g/mol. The van der Waals surface area contributed by atoms with Gasteiger partial charge in [-0.2, -0.15) is 0 Å². The maximum atomic E-state index is 3.91. The third-order valence-corrected chi connectivity index (χ3v) is 3.58. The van der Waals surface area contributed by atoms with Gasteiger partial charge in [-0.3, -0.25) is 0 Å². The first-order valence-corrected chi connectivity index (χ1v) is 6.03. The summed E-state index contributed by atoms with van der Waals surface area (Å²) >= 11 is 0. The van der Waals surface area contributed by atoms with Gasteiger partial charge >= 0.3 is 0 Å². The van der Waals surface area contributed by atoms with Gasteiger partial charge in [-0.1, -0.05) is 44.2 Å². The van der Waals surface area contributed by atoms with Crippen molar-refractivity contribution >= 4 is 0 Å². The largest absolute Gasteiger partial charge is 0.138 e. The molecule has 0 aliphatic rings. The van der Waals surface area contributed by atoms with Gasteiger partial charge in [0.05, 0.1) is 12.4 Å². The van der Waals surface area contributed by atoms with E-state index < -0.39 is 0 Å². The second-order valence-corrected chi connectivity index (χ2v) is 4.19. The lowest BCUT2D eigenvalue weighted by Crippen LogP contribution is -2.26. The predicted octanol–water partition coefficient (Wildman–Crippen LogP) is 2.98. The molecule has 88 valence electrons. The minimum atomic E-state index is 0.00417.